The Kier molecular flexibility index (Phi) is 4.28. The average Bonchev–Trinajstić information content (AvgIpc) is 2.97. The molecule has 2 amide bonds. The first-order valence-electron chi connectivity index (χ1n) is 6.33. The standard InChI is InChI=1S/C13H14N4O2S2/c14-10-4-2-1-3-9(10)11-7-20-12(15-11)16-13(18)17-5-6-19-8-21-17/h1-4,7H,5-6,8,14H2,(H,15,16,18). The second kappa shape index (κ2) is 6.33. The molecular weight excluding hydrogens is 308 g/mol. The molecule has 8 heteroatoms. The maximum absolute atomic E-state index is 12.1. The monoisotopic (exact) mass is 322 g/mol. The average molecular weight is 322 g/mol. The van der Waals surface area contributed by atoms with Gasteiger partial charge >= 0.3 is 6.03 Å². The molecule has 3 rings (SSSR count). The van der Waals surface area contributed by atoms with Gasteiger partial charge < -0.3 is 10.5 Å². The van der Waals surface area contributed by atoms with Crippen molar-refractivity contribution in [1.82, 2.24) is 9.29 Å². The highest BCUT2D eigenvalue weighted by molar-refractivity contribution is 7.97. The van der Waals surface area contributed by atoms with Crippen LogP contribution in [0.2, 0.25) is 0 Å². The van der Waals surface area contributed by atoms with E-state index >= 15 is 0 Å². The smallest absolute Gasteiger partial charge is 0.333 e. The molecule has 0 aliphatic carbocycles. The maximum Gasteiger partial charge on any atom is 0.333 e. The van der Waals surface area contributed by atoms with E-state index in [4.69, 9.17) is 10.5 Å². The van der Waals surface area contributed by atoms with Crippen LogP contribution in [0.25, 0.3) is 11.3 Å². The Morgan fingerprint density at radius 2 is 2.29 bits per heavy atom. The molecule has 1 fully saturated rings. The molecule has 0 spiro atoms. The van der Waals surface area contributed by atoms with Gasteiger partial charge in [-0.3, -0.25) is 9.62 Å². The van der Waals surface area contributed by atoms with E-state index < -0.39 is 0 Å². The van der Waals surface area contributed by atoms with Crippen LogP contribution in [-0.2, 0) is 4.74 Å². The van der Waals surface area contributed by atoms with Crippen molar-refractivity contribution in [3.05, 3.63) is 29.6 Å². The molecule has 0 bridgehead atoms. The number of para-hydroxylation sites is 1. The first-order valence-corrected chi connectivity index (χ1v) is 8.16. The van der Waals surface area contributed by atoms with E-state index in [1.54, 1.807) is 4.31 Å². The van der Waals surface area contributed by atoms with Crippen molar-refractivity contribution >= 4 is 40.1 Å². The Bertz CT molecular complexity index is 641. The van der Waals surface area contributed by atoms with Crippen molar-refractivity contribution < 1.29 is 9.53 Å². The molecule has 2 heterocycles. The highest BCUT2D eigenvalue weighted by Gasteiger charge is 2.19. The number of nitrogen functional groups attached to an aromatic ring is 1. The number of urea groups is 1. The minimum absolute atomic E-state index is 0.176. The second-order valence-electron chi connectivity index (χ2n) is 4.31. The third-order valence-corrected chi connectivity index (χ3v) is 4.60. The molecule has 1 aliphatic rings. The first kappa shape index (κ1) is 14.2. The van der Waals surface area contributed by atoms with Crippen LogP contribution in [0, 0.1) is 0 Å². The number of anilines is 2. The van der Waals surface area contributed by atoms with E-state index in [9.17, 15) is 4.79 Å². The minimum atomic E-state index is -0.176. The highest BCUT2D eigenvalue weighted by atomic mass is 32.2. The summed E-state index contributed by atoms with van der Waals surface area (Å²) in [4.78, 5) is 16.5. The Morgan fingerprint density at radius 1 is 1.43 bits per heavy atom. The molecule has 110 valence electrons. The Balaban J connectivity index is 1.70. The summed E-state index contributed by atoms with van der Waals surface area (Å²) in [5.74, 6) is 0.497. The lowest BCUT2D eigenvalue weighted by Crippen LogP contribution is -2.35. The number of carbonyl (C=O) groups is 1. The van der Waals surface area contributed by atoms with Gasteiger partial charge in [0.05, 0.1) is 18.8 Å². The van der Waals surface area contributed by atoms with Crippen molar-refractivity contribution in [1.29, 1.82) is 0 Å². The van der Waals surface area contributed by atoms with Crippen LogP contribution in [0.4, 0.5) is 15.6 Å². The number of ether oxygens (including phenoxy) is 1. The summed E-state index contributed by atoms with van der Waals surface area (Å²) in [6, 6.07) is 7.35. The number of aromatic nitrogens is 1. The largest absolute Gasteiger partial charge is 0.398 e. The maximum atomic E-state index is 12.1. The zero-order valence-electron chi connectivity index (χ0n) is 11.1. The number of rotatable bonds is 2. The van der Waals surface area contributed by atoms with Gasteiger partial charge in [-0.05, 0) is 18.0 Å². The summed E-state index contributed by atoms with van der Waals surface area (Å²) in [5.41, 5.74) is 8.24. The first-order chi connectivity index (χ1) is 10.2. The van der Waals surface area contributed by atoms with E-state index in [2.05, 4.69) is 10.3 Å². The number of nitrogens with zero attached hydrogens (tertiary/aromatic N) is 2. The summed E-state index contributed by atoms with van der Waals surface area (Å²) >= 11 is 2.73. The van der Waals surface area contributed by atoms with Crippen LogP contribution >= 0.6 is 23.3 Å². The quantitative estimate of drug-likeness (QED) is 0.656. The molecule has 0 radical (unpaired) electrons. The fourth-order valence-electron chi connectivity index (χ4n) is 1.87. The summed E-state index contributed by atoms with van der Waals surface area (Å²) < 4.78 is 6.83. The topological polar surface area (TPSA) is 80.5 Å². The van der Waals surface area contributed by atoms with Gasteiger partial charge in [0.1, 0.15) is 5.94 Å². The molecule has 1 aromatic heterocycles. The van der Waals surface area contributed by atoms with Crippen molar-refractivity contribution in [3.63, 3.8) is 0 Å². The van der Waals surface area contributed by atoms with Crippen molar-refractivity contribution in [2.24, 2.45) is 0 Å². The Hall–Kier alpha value is -1.77. The zero-order chi connectivity index (χ0) is 14.7. The van der Waals surface area contributed by atoms with Gasteiger partial charge in [0.15, 0.2) is 5.13 Å². The normalized spacial score (nSPS) is 15.0. The van der Waals surface area contributed by atoms with E-state index in [1.165, 1.54) is 23.3 Å². The van der Waals surface area contributed by atoms with Crippen LogP contribution in [0.1, 0.15) is 0 Å². The SMILES string of the molecule is Nc1ccccc1-c1csc(NC(=O)N2CCOCS2)n1. The lowest BCUT2D eigenvalue weighted by molar-refractivity contribution is 0.152. The lowest BCUT2D eigenvalue weighted by atomic mass is 10.1. The van der Waals surface area contributed by atoms with E-state index in [0.717, 1.165) is 11.3 Å². The number of nitrogens with one attached hydrogen (secondary N) is 1. The fraction of sp³-hybridized carbons (Fsp3) is 0.231. The number of nitrogens with two attached hydrogens (primary N) is 1. The Morgan fingerprint density at radius 3 is 3.05 bits per heavy atom. The lowest BCUT2D eigenvalue weighted by Gasteiger charge is -2.24. The molecule has 1 saturated heterocycles. The number of carbonyl (C=O) groups excluding carboxylic acids is 1. The number of benzene rings is 1. The van der Waals surface area contributed by atoms with E-state index in [1.807, 2.05) is 29.6 Å². The molecule has 3 N–H and O–H groups in total. The molecule has 0 unspecified atom stereocenters. The number of hydrogen-bond acceptors (Lipinski definition) is 6. The van der Waals surface area contributed by atoms with E-state index in [0.29, 0.717) is 29.9 Å². The molecule has 21 heavy (non-hydrogen) atoms. The van der Waals surface area contributed by atoms with Crippen molar-refractivity contribution in [3.8, 4) is 11.3 Å². The summed E-state index contributed by atoms with van der Waals surface area (Å²) in [5, 5.41) is 5.24. The summed E-state index contributed by atoms with van der Waals surface area (Å²) in [6.07, 6.45) is 0. The molecular formula is C13H14N4O2S2. The summed E-state index contributed by atoms with van der Waals surface area (Å²) in [7, 11) is 0. The third kappa shape index (κ3) is 3.29. The molecule has 6 nitrogen and oxygen atoms in total. The Labute approximate surface area is 130 Å². The van der Waals surface area contributed by atoms with Gasteiger partial charge in [0, 0.05) is 16.6 Å². The predicted octanol–water partition coefficient (Wildman–Crippen LogP) is 2.86. The molecule has 1 aromatic carbocycles. The number of hydrogen-bond donors (Lipinski definition) is 2. The second-order valence-corrected chi connectivity index (χ2v) is 6.11. The molecule has 0 atom stereocenters. The van der Waals surface area contributed by atoms with Gasteiger partial charge in [-0.25, -0.2) is 9.78 Å². The van der Waals surface area contributed by atoms with Crippen LogP contribution in [0.15, 0.2) is 29.6 Å². The van der Waals surface area contributed by atoms with Gasteiger partial charge in [-0.2, -0.15) is 0 Å². The zero-order valence-corrected chi connectivity index (χ0v) is 12.7. The van der Waals surface area contributed by atoms with Gasteiger partial charge in [0.25, 0.3) is 0 Å². The fourth-order valence-corrected chi connectivity index (χ4v) is 3.26. The van der Waals surface area contributed by atoms with Crippen molar-refractivity contribution in [2.75, 3.05) is 30.1 Å². The number of amides is 2. The van der Waals surface area contributed by atoms with Crippen LogP contribution in [-0.4, -0.2) is 34.4 Å². The van der Waals surface area contributed by atoms with Gasteiger partial charge in [-0.15, -0.1) is 11.3 Å². The third-order valence-electron chi connectivity index (χ3n) is 2.91. The van der Waals surface area contributed by atoms with Crippen LogP contribution in [0.5, 0.6) is 0 Å². The predicted molar refractivity (Wildman–Crippen MR) is 86.1 cm³/mol. The molecule has 2 aromatic rings. The molecule has 1 aliphatic heterocycles. The minimum Gasteiger partial charge on any atom is -0.398 e. The summed E-state index contributed by atoms with van der Waals surface area (Å²) in [6.45, 7) is 1.13. The van der Waals surface area contributed by atoms with Crippen molar-refractivity contribution in [2.45, 2.75) is 0 Å². The molecule has 0 saturated carbocycles. The van der Waals surface area contributed by atoms with Gasteiger partial charge in [-0.1, -0.05) is 18.2 Å². The van der Waals surface area contributed by atoms with Crippen LogP contribution < -0.4 is 11.1 Å². The van der Waals surface area contributed by atoms with Gasteiger partial charge in [0.2, 0.25) is 0 Å². The highest BCUT2D eigenvalue weighted by Crippen LogP contribution is 2.29. The van der Waals surface area contributed by atoms with Crippen LogP contribution in [0.3, 0.4) is 0 Å². The number of thiazole rings is 1. The van der Waals surface area contributed by atoms with E-state index in [-0.39, 0.29) is 6.03 Å².